The number of esters is 2. The standard InChI is InChI=1S/C56H89NO16/c1-34-18-14-13-15-19-35(2)46(69-11)29-43-24-21-40(7)56(67,73-43)51(63)52(64)57-25-17-16-20-44(57)53(65)72-47(30-45(60)36(3)27-39(6)49(62)50(70-12)48(61)38(5)26-34)37(4)28-42(31-68-10)23-22-41(8)71-54(66)55(9,32-58)33-59/h13-15,18-19,27,34,36-38,40-44,46-47,49-50,58-59,62,67H,16-17,20-26,28-33H2,1-12H3/b15-13+,18-14+,35-19+,39-27+. The Bertz CT molecular complexity index is 1960. The maximum absolute atomic E-state index is 14.5. The number of rotatable bonds is 14. The summed E-state index contributed by atoms with van der Waals surface area (Å²) in [5.41, 5.74) is -0.268. The van der Waals surface area contributed by atoms with E-state index in [9.17, 15) is 49.2 Å². The van der Waals surface area contributed by atoms with Crippen LogP contribution in [0.25, 0.3) is 0 Å². The summed E-state index contributed by atoms with van der Waals surface area (Å²) in [7, 11) is 4.46. The summed E-state index contributed by atoms with van der Waals surface area (Å²) < 4.78 is 35.0. The zero-order valence-corrected chi connectivity index (χ0v) is 45.7. The number of amides is 1. The minimum Gasteiger partial charge on any atom is -0.462 e. The molecule has 0 radical (unpaired) electrons. The zero-order chi connectivity index (χ0) is 54.8. The first-order chi connectivity index (χ1) is 34.4. The number of ketones is 3. The summed E-state index contributed by atoms with van der Waals surface area (Å²) in [6, 6.07) is -1.21. The van der Waals surface area contributed by atoms with E-state index in [2.05, 4.69) is 0 Å². The molecule has 2 saturated heterocycles. The lowest BCUT2D eigenvalue weighted by molar-refractivity contribution is -0.265. The number of cyclic esters (lactones) is 1. The monoisotopic (exact) mass is 1030 g/mol. The van der Waals surface area contributed by atoms with Crippen LogP contribution in [0.5, 0.6) is 0 Å². The van der Waals surface area contributed by atoms with Crippen molar-refractivity contribution in [3.8, 4) is 0 Å². The van der Waals surface area contributed by atoms with Crippen LogP contribution in [-0.4, -0.2) is 157 Å². The van der Waals surface area contributed by atoms with Gasteiger partial charge < -0.3 is 53.7 Å². The Hall–Kier alpha value is -3.94. The maximum atomic E-state index is 14.5. The summed E-state index contributed by atoms with van der Waals surface area (Å²) >= 11 is 0. The molecule has 0 aromatic carbocycles. The van der Waals surface area contributed by atoms with Crippen molar-refractivity contribution >= 4 is 35.2 Å². The van der Waals surface area contributed by atoms with Gasteiger partial charge >= 0.3 is 11.9 Å². The van der Waals surface area contributed by atoms with Crippen LogP contribution in [0.1, 0.15) is 133 Å². The minimum atomic E-state index is -2.47. The molecule has 2 bridgehead atoms. The molecule has 17 nitrogen and oxygen atoms in total. The van der Waals surface area contributed by atoms with Crippen LogP contribution in [0.3, 0.4) is 0 Å². The van der Waals surface area contributed by atoms with Crippen LogP contribution in [0.2, 0.25) is 0 Å². The number of carbonyl (C=O) groups is 6. The number of nitrogens with zero attached hydrogens (tertiary/aromatic N) is 1. The van der Waals surface area contributed by atoms with E-state index >= 15 is 0 Å². The highest BCUT2D eigenvalue weighted by molar-refractivity contribution is 6.39. The molecule has 1 amide bonds. The van der Waals surface area contributed by atoms with Crippen molar-refractivity contribution < 1.29 is 77.6 Å². The van der Waals surface area contributed by atoms with Gasteiger partial charge in [-0.1, -0.05) is 71.1 Å². The Balaban J connectivity index is 2.06. The number of allylic oxidation sites excluding steroid dienone is 6. The van der Waals surface area contributed by atoms with Crippen molar-refractivity contribution in [2.75, 3.05) is 47.7 Å². The van der Waals surface area contributed by atoms with E-state index in [1.54, 1.807) is 54.9 Å². The first-order valence-electron chi connectivity index (χ1n) is 26.3. The molecular formula is C56H89NO16. The Labute approximate surface area is 434 Å². The number of ether oxygens (including phenoxy) is 6. The van der Waals surface area contributed by atoms with Crippen LogP contribution in [-0.2, 0) is 57.2 Å². The average Bonchev–Trinajstić information content (AvgIpc) is 3.36. The van der Waals surface area contributed by atoms with Gasteiger partial charge in [-0.3, -0.25) is 24.0 Å². The van der Waals surface area contributed by atoms with Gasteiger partial charge in [0.05, 0.1) is 31.5 Å². The molecule has 3 heterocycles. The smallest absolute Gasteiger partial charge is 0.329 e. The number of carbonyl (C=O) groups excluding carboxylic acids is 6. The molecule has 4 N–H and O–H groups in total. The molecule has 14 unspecified atom stereocenters. The first kappa shape index (κ1) is 63.4. The lowest BCUT2D eigenvalue weighted by Crippen LogP contribution is -2.61. The third kappa shape index (κ3) is 17.8. The molecule has 73 heavy (non-hydrogen) atoms. The summed E-state index contributed by atoms with van der Waals surface area (Å²) in [5.74, 6) is -9.63. The minimum absolute atomic E-state index is 0.00984. The third-order valence-electron chi connectivity index (χ3n) is 15.2. The van der Waals surface area contributed by atoms with Gasteiger partial charge in [-0.05, 0) is 114 Å². The largest absolute Gasteiger partial charge is 0.462 e. The topological polar surface area (TPSA) is 242 Å². The lowest BCUT2D eigenvalue weighted by atomic mass is 9.84. The zero-order valence-electron chi connectivity index (χ0n) is 45.7. The molecule has 0 aliphatic carbocycles. The van der Waals surface area contributed by atoms with E-state index in [0.717, 1.165) is 10.5 Å². The molecule has 2 fully saturated rings. The molecule has 3 rings (SSSR count). The maximum Gasteiger partial charge on any atom is 0.329 e. The van der Waals surface area contributed by atoms with Crippen molar-refractivity contribution in [2.45, 2.75) is 181 Å². The Kier molecular flexibility index (Phi) is 26.0. The molecule has 0 aromatic heterocycles. The quantitative estimate of drug-likeness (QED) is 0.0890. The highest BCUT2D eigenvalue weighted by Crippen LogP contribution is 2.37. The number of aliphatic hydroxyl groups is 4. The molecule has 3 aliphatic rings. The number of Topliss-reactive ketones (excluding diaryl/α,β-unsaturated/α-hetero) is 3. The van der Waals surface area contributed by atoms with Crippen LogP contribution in [0.15, 0.2) is 47.6 Å². The lowest BCUT2D eigenvalue weighted by Gasteiger charge is -2.42. The van der Waals surface area contributed by atoms with Crippen LogP contribution in [0.4, 0.5) is 0 Å². The van der Waals surface area contributed by atoms with E-state index in [4.69, 9.17) is 28.4 Å². The van der Waals surface area contributed by atoms with Crippen molar-refractivity contribution in [3.63, 3.8) is 0 Å². The van der Waals surface area contributed by atoms with E-state index in [0.29, 0.717) is 56.9 Å². The van der Waals surface area contributed by atoms with E-state index in [1.165, 1.54) is 14.0 Å². The predicted molar refractivity (Wildman–Crippen MR) is 273 cm³/mol. The highest BCUT2D eigenvalue weighted by atomic mass is 16.6. The molecule has 17 heteroatoms. The van der Waals surface area contributed by atoms with Gasteiger partial charge in [0.15, 0.2) is 5.78 Å². The van der Waals surface area contributed by atoms with E-state index < -0.39 is 114 Å². The molecule has 14 atom stereocenters. The van der Waals surface area contributed by atoms with Gasteiger partial charge in [-0.25, -0.2) is 4.79 Å². The van der Waals surface area contributed by atoms with Gasteiger partial charge in [0.25, 0.3) is 11.7 Å². The van der Waals surface area contributed by atoms with E-state index in [-0.39, 0.29) is 55.8 Å². The molecule has 0 aromatic rings. The van der Waals surface area contributed by atoms with Crippen LogP contribution >= 0.6 is 0 Å². The van der Waals surface area contributed by atoms with Gasteiger partial charge in [0.2, 0.25) is 5.79 Å². The SMILES string of the molecule is COCC(CCC(C)OC(=O)C(C)(CO)CO)CC(C)C1CC(=O)C(C)/C=C(\C)C(O)C(OC)C(=O)C(C)CC(C)/C=C/C=C/C=C(\C)C(OC)CC2CCC(C)C(O)(O2)C(=O)C(=O)N2CCCCC2C(=O)O1. The highest BCUT2D eigenvalue weighted by Gasteiger charge is 2.53. The number of hydrogen-bond acceptors (Lipinski definition) is 16. The van der Waals surface area contributed by atoms with Crippen molar-refractivity contribution in [3.05, 3.63) is 47.6 Å². The van der Waals surface area contributed by atoms with Crippen LogP contribution in [0, 0.1) is 40.9 Å². The fourth-order valence-electron chi connectivity index (χ4n) is 9.99. The summed E-state index contributed by atoms with van der Waals surface area (Å²) in [5, 5.41) is 42.9. The van der Waals surface area contributed by atoms with E-state index in [1.807, 2.05) is 51.2 Å². The molecule has 0 saturated carbocycles. The second-order valence-electron chi connectivity index (χ2n) is 21.6. The third-order valence-corrected chi connectivity index (χ3v) is 15.2. The fraction of sp³-hybridized carbons (Fsp3) is 0.750. The van der Waals surface area contributed by atoms with Gasteiger partial charge in [0, 0.05) is 65.1 Å². The summed E-state index contributed by atoms with van der Waals surface area (Å²) in [6.45, 7) is 14.7. The van der Waals surface area contributed by atoms with Gasteiger partial charge in [0.1, 0.15) is 35.6 Å². The molecule has 414 valence electrons. The molecule has 3 aliphatic heterocycles. The van der Waals surface area contributed by atoms with Gasteiger partial charge in [-0.15, -0.1) is 0 Å². The summed E-state index contributed by atoms with van der Waals surface area (Å²) in [4.78, 5) is 85.1. The number of methoxy groups -OCH3 is 3. The van der Waals surface area contributed by atoms with Crippen molar-refractivity contribution in [1.29, 1.82) is 0 Å². The first-order valence-corrected chi connectivity index (χ1v) is 26.3. The number of fused-ring (bicyclic) bond motifs is 3. The fourth-order valence-corrected chi connectivity index (χ4v) is 9.99. The number of piperidine rings is 1. The Morgan fingerprint density at radius 3 is 2.22 bits per heavy atom. The van der Waals surface area contributed by atoms with Crippen molar-refractivity contribution in [1.82, 2.24) is 4.90 Å². The number of aliphatic hydroxyl groups excluding tert-OH is 3. The normalized spacial score (nSPS) is 34.0. The number of hydrogen-bond donors (Lipinski definition) is 4. The summed E-state index contributed by atoms with van der Waals surface area (Å²) in [6.07, 6.45) is 9.58. The average molecular weight is 1030 g/mol. The van der Waals surface area contributed by atoms with Gasteiger partial charge in [-0.2, -0.15) is 0 Å². The Morgan fingerprint density at radius 1 is 0.904 bits per heavy atom. The second-order valence-corrected chi connectivity index (χ2v) is 21.6. The van der Waals surface area contributed by atoms with Crippen molar-refractivity contribution in [2.24, 2.45) is 40.9 Å². The van der Waals surface area contributed by atoms with Crippen LogP contribution < -0.4 is 0 Å². The second kappa shape index (κ2) is 30.0. The predicted octanol–water partition coefficient (Wildman–Crippen LogP) is 5.97. The molecule has 0 spiro atoms. The Morgan fingerprint density at radius 2 is 1.59 bits per heavy atom. The molecular weight excluding hydrogens is 943 g/mol.